The first-order chi connectivity index (χ1) is 6.81. The maximum Gasteiger partial charge on any atom is 0.306 e. The van der Waals surface area contributed by atoms with Gasteiger partial charge in [-0.25, -0.2) is 0 Å². The van der Waals surface area contributed by atoms with E-state index in [4.69, 9.17) is 9.84 Å². The minimum Gasteiger partial charge on any atom is -0.469 e. The molecule has 0 aromatic carbocycles. The summed E-state index contributed by atoms with van der Waals surface area (Å²) in [7, 11) is 1.38. The molecule has 0 fully saturated rings. The minimum atomic E-state index is -0.200. The number of hydrogen-bond acceptors (Lipinski definition) is 5. The van der Waals surface area contributed by atoms with Crippen molar-refractivity contribution in [2.24, 2.45) is 0 Å². The van der Waals surface area contributed by atoms with Crippen molar-refractivity contribution < 1.29 is 19.4 Å². The van der Waals surface area contributed by atoms with E-state index in [0.29, 0.717) is 26.2 Å². The quantitative estimate of drug-likeness (QED) is 0.394. The Morgan fingerprint density at radius 1 is 1.36 bits per heavy atom. The predicted molar refractivity (Wildman–Crippen MR) is 52.0 cm³/mol. The fraction of sp³-hybridized carbons (Fsp3) is 0.889. The van der Waals surface area contributed by atoms with Crippen LogP contribution in [0.1, 0.15) is 12.8 Å². The smallest absolute Gasteiger partial charge is 0.306 e. The maximum atomic E-state index is 10.7. The van der Waals surface area contributed by atoms with Crippen LogP contribution in [-0.2, 0) is 14.3 Å². The Morgan fingerprint density at radius 3 is 2.79 bits per heavy atom. The molecule has 0 aromatic heterocycles. The van der Waals surface area contributed by atoms with Gasteiger partial charge in [-0.1, -0.05) is 0 Å². The first-order valence-electron chi connectivity index (χ1n) is 4.77. The van der Waals surface area contributed by atoms with Crippen LogP contribution in [0.15, 0.2) is 0 Å². The summed E-state index contributed by atoms with van der Waals surface area (Å²) in [5, 5.41) is 11.5. The number of nitrogens with one attached hydrogen (secondary N) is 1. The largest absolute Gasteiger partial charge is 0.469 e. The number of ether oxygens (including phenoxy) is 2. The van der Waals surface area contributed by atoms with Gasteiger partial charge in [0, 0.05) is 13.2 Å². The second kappa shape index (κ2) is 10.4. The van der Waals surface area contributed by atoms with Crippen LogP contribution in [0.4, 0.5) is 0 Å². The zero-order valence-corrected chi connectivity index (χ0v) is 8.62. The van der Waals surface area contributed by atoms with Crippen molar-refractivity contribution >= 4 is 5.97 Å². The van der Waals surface area contributed by atoms with E-state index in [1.165, 1.54) is 7.11 Å². The summed E-state index contributed by atoms with van der Waals surface area (Å²) in [4.78, 5) is 10.7. The summed E-state index contributed by atoms with van der Waals surface area (Å²) in [6, 6.07) is 0. The van der Waals surface area contributed by atoms with Gasteiger partial charge in [0.1, 0.15) is 0 Å². The SMILES string of the molecule is COC(=O)CCNCCCOCCO. The highest BCUT2D eigenvalue weighted by atomic mass is 16.5. The van der Waals surface area contributed by atoms with Crippen LogP contribution < -0.4 is 5.32 Å². The molecule has 0 rings (SSSR count). The Balaban J connectivity index is 2.95. The van der Waals surface area contributed by atoms with E-state index in [1.807, 2.05) is 0 Å². The van der Waals surface area contributed by atoms with Crippen LogP contribution in [0, 0.1) is 0 Å². The van der Waals surface area contributed by atoms with Gasteiger partial charge < -0.3 is 19.9 Å². The topological polar surface area (TPSA) is 67.8 Å². The molecule has 2 N–H and O–H groups in total. The van der Waals surface area contributed by atoms with E-state index in [1.54, 1.807) is 0 Å². The second-order valence-electron chi connectivity index (χ2n) is 2.77. The van der Waals surface area contributed by atoms with Crippen molar-refractivity contribution in [2.45, 2.75) is 12.8 Å². The van der Waals surface area contributed by atoms with Crippen LogP contribution in [0.3, 0.4) is 0 Å². The van der Waals surface area contributed by atoms with E-state index in [2.05, 4.69) is 10.1 Å². The number of carbonyl (C=O) groups is 1. The summed E-state index contributed by atoms with van der Waals surface area (Å²) < 4.78 is 9.53. The molecule has 14 heavy (non-hydrogen) atoms. The lowest BCUT2D eigenvalue weighted by Crippen LogP contribution is -2.21. The van der Waals surface area contributed by atoms with Gasteiger partial charge in [0.15, 0.2) is 0 Å². The predicted octanol–water partition coefficient (Wildman–Crippen LogP) is -0.462. The normalized spacial score (nSPS) is 10.1. The molecule has 0 aliphatic heterocycles. The van der Waals surface area contributed by atoms with Gasteiger partial charge in [-0.3, -0.25) is 4.79 Å². The molecular weight excluding hydrogens is 186 g/mol. The number of carbonyl (C=O) groups excluding carboxylic acids is 1. The standard InChI is InChI=1S/C9H19NO4/c1-13-9(12)3-5-10-4-2-7-14-8-6-11/h10-11H,2-8H2,1H3. The number of aliphatic hydroxyl groups excluding tert-OH is 1. The third kappa shape index (κ3) is 9.44. The fourth-order valence-corrected chi connectivity index (χ4v) is 0.883. The van der Waals surface area contributed by atoms with Gasteiger partial charge in [-0.2, -0.15) is 0 Å². The summed E-state index contributed by atoms with van der Waals surface area (Å²) in [5.41, 5.74) is 0. The molecule has 0 saturated carbocycles. The molecule has 0 bridgehead atoms. The Hall–Kier alpha value is -0.650. The summed E-state index contributed by atoms with van der Waals surface area (Å²) in [6.45, 7) is 2.53. The van der Waals surface area contributed by atoms with Crippen LogP contribution >= 0.6 is 0 Å². The highest BCUT2D eigenvalue weighted by Crippen LogP contribution is 1.83. The van der Waals surface area contributed by atoms with Crippen molar-refractivity contribution in [3.8, 4) is 0 Å². The second-order valence-corrected chi connectivity index (χ2v) is 2.77. The zero-order valence-electron chi connectivity index (χ0n) is 8.62. The lowest BCUT2D eigenvalue weighted by atomic mass is 10.4. The number of hydrogen-bond donors (Lipinski definition) is 2. The summed E-state index contributed by atoms with van der Waals surface area (Å²) >= 11 is 0. The molecule has 0 unspecified atom stereocenters. The molecule has 0 aliphatic carbocycles. The lowest BCUT2D eigenvalue weighted by molar-refractivity contribution is -0.140. The molecule has 0 aromatic rings. The number of esters is 1. The zero-order chi connectivity index (χ0) is 10.6. The van der Waals surface area contributed by atoms with Crippen molar-refractivity contribution in [3.05, 3.63) is 0 Å². The van der Waals surface area contributed by atoms with E-state index >= 15 is 0 Å². The highest BCUT2D eigenvalue weighted by molar-refractivity contribution is 5.69. The molecule has 5 nitrogen and oxygen atoms in total. The monoisotopic (exact) mass is 205 g/mol. The molecule has 0 atom stereocenters. The van der Waals surface area contributed by atoms with Gasteiger partial charge >= 0.3 is 5.97 Å². The van der Waals surface area contributed by atoms with Crippen LogP contribution in [0.25, 0.3) is 0 Å². The van der Waals surface area contributed by atoms with Gasteiger partial charge in [0.2, 0.25) is 0 Å². The van der Waals surface area contributed by atoms with E-state index in [-0.39, 0.29) is 12.6 Å². The van der Waals surface area contributed by atoms with Crippen LogP contribution in [0.2, 0.25) is 0 Å². The van der Waals surface area contributed by atoms with Gasteiger partial charge in [0.25, 0.3) is 0 Å². The molecule has 0 saturated heterocycles. The summed E-state index contributed by atoms with van der Waals surface area (Å²) in [5.74, 6) is -0.200. The molecule has 0 amide bonds. The Bertz CT molecular complexity index is 141. The van der Waals surface area contributed by atoms with E-state index in [9.17, 15) is 4.79 Å². The molecule has 0 radical (unpaired) electrons. The summed E-state index contributed by atoms with van der Waals surface area (Å²) in [6.07, 6.45) is 1.27. The molecule has 0 aliphatic rings. The van der Waals surface area contributed by atoms with Crippen molar-refractivity contribution in [2.75, 3.05) is 40.0 Å². The maximum absolute atomic E-state index is 10.7. The molecule has 84 valence electrons. The Kier molecular flexibility index (Phi) is 9.95. The number of aliphatic hydroxyl groups is 1. The molecule has 0 spiro atoms. The Labute approximate surface area is 84.4 Å². The average molecular weight is 205 g/mol. The fourth-order valence-electron chi connectivity index (χ4n) is 0.883. The van der Waals surface area contributed by atoms with E-state index < -0.39 is 0 Å². The van der Waals surface area contributed by atoms with Crippen LogP contribution in [0.5, 0.6) is 0 Å². The third-order valence-electron chi connectivity index (χ3n) is 1.61. The van der Waals surface area contributed by atoms with Gasteiger partial charge in [0.05, 0.1) is 26.7 Å². The Morgan fingerprint density at radius 2 is 2.14 bits per heavy atom. The van der Waals surface area contributed by atoms with Crippen molar-refractivity contribution in [3.63, 3.8) is 0 Å². The highest BCUT2D eigenvalue weighted by Gasteiger charge is 1.97. The molecular formula is C9H19NO4. The van der Waals surface area contributed by atoms with Crippen molar-refractivity contribution in [1.29, 1.82) is 0 Å². The van der Waals surface area contributed by atoms with E-state index in [0.717, 1.165) is 13.0 Å². The number of rotatable bonds is 9. The van der Waals surface area contributed by atoms with Crippen LogP contribution in [-0.4, -0.2) is 51.1 Å². The average Bonchev–Trinajstić information content (AvgIpc) is 2.21. The lowest BCUT2D eigenvalue weighted by Gasteiger charge is -2.04. The number of methoxy groups -OCH3 is 1. The van der Waals surface area contributed by atoms with Gasteiger partial charge in [-0.15, -0.1) is 0 Å². The van der Waals surface area contributed by atoms with Gasteiger partial charge in [-0.05, 0) is 13.0 Å². The minimum absolute atomic E-state index is 0.0652. The third-order valence-corrected chi connectivity index (χ3v) is 1.61. The first-order valence-corrected chi connectivity index (χ1v) is 4.77. The first kappa shape index (κ1) is 13.4. The molecule has 0 heterocycles. The molecule has 5 heteroatoms. The van der Waals surface area contributed by atoms with Crippen molar-refractivity contribution in [1.82, 2.24) is 5.32 Å².